The van der Waals surface area contributed by atoms with Crippen LogP contribution in [0.2, 0.25) is 0 Å². The van der Waals surface area contributed by atoms with Gasteiger partial charge in [0.15, 0.2) is 0 Å². The summed E-state index contributed by atoms with van der Waals surface area (Å²) in [7, 11) is 2.00. The monoisotopic (exact) mass is 504 g/mol. The number of nitrogens with two attached hydrogens (primary N) is 1. The second-order valence-corrected chi connectivity index (χ2v) is 8.47. The fraction of sp³-hybridized carbons (Fsp3) is 0.520. The summed E-state index contributed by atoms with van der Waals surface area (Å²) in [6.07, 6.45) is 7.14. The second kappa shape index (κ2) is 15.3. The Labute approximate surface area is 208 Å². The number of rotatable bonds is 7. The molecule has 2 saturated carbocycles. The lowest BCUT2D eigenvalue weighted by molar-refractivity contribution is 0.229. The van der Waals surface area contributed by atoms with Gasteiger partial charge in [0.05, 0.1) is 13.2 Å². The van der Waals surface area contributed by atoms with Crippen LogP contribution < -0.4 is 20.5 Å². The molecule has 2 aromatic rings. The normalized spacial score (nSPS) is 23.5. The van der Waals surface area contributed by atoms with Gasteiger partial charge >= 0.3 is 0 Å². The van der Waals surface area contributed by atoms with Crippen molar-refractivity contribution in [2.24, 2.45) is 17.6 Å². The molecule has 186 valence electrons. The number of hydrogen-bond acceptors (Lipinski definition) is 4. The van der Waals surface area contributed by atoms with Crippen LogP contribution in [0, 0.1) is 23.5 Å². The van der Waals surface area contributed by atoms with E-state index in [0.29, 0.717) is 24.5 Å². The Morgan fingerprint density at radius 1 is 0.758 bits per heavy atom. The average molecular weight is 505 g/mol. The molecule has 0 heterocycles. The molecule has 4 rings (SSSR count). The summed E-state index contributed by atoms with van der Waals surface area (Å²) in [5.41, 5.74) is 5.93. The zero-order valence-corrected chi connectivity index (χ0v) is 20.7. The number of ether oxygens (including phenoxy) is 2. The number of halogens is 4. The lowest BCUT2D eigenvalue weighted by Crippen LogP contribution is -2.32. The Hall–Kier alpha value is -1.60. The molecule has 0 bridgehead atoms. The maximum atomic E-state index is 12.7. The van der Waals surface area contributed by atoms with Crippen molar-refractivity contribution in [3.05, 3.63) is 60.2 Å². The third-order valence-electron chi connectivity index (χ3n) is 6.30. The fourth-order valence-electron chi connectivity index (χ4n) is 4.36. The van der Waals surface area contributed by atoms with E-state index >= 15 is 0 Å². The second-order valence-electron chi connectivity index (χ2n) is 8.47. The molecule has 4 nitrogen and oxygen atoms in total. The highest BCUT2D eigenvalue weighted by molar-refractivity contribution is 5.85. The largest absolute Gasteiger partial charge is 0.493 e. The molecule has 0 aromatic heterocycles. The first-order valence-corrected chi connectivity index (χ1v) is 11.2. The Morgan fingerprint density at radius 2 is 1.21 bits per heavy atom. The van der Waals surface area contributed by atoms with Crippen molar-refractivity contribution in [1.82, 2.24) is 5.32 Å². The number of nitrogens with one attached hydrogen (secondary N) is 1. The predicted octanol–water partition coefficient (Wildman–Crippen LogP) is 5.77. The van der Waals surface area contributed by atoms with Gasteiger partial charge < -0.3 is 20.5 Å². The van der Waals surface area contributed by atoms with Crippen molar-refractivity contribution in [2.75, 3.05) is 20.3 Å². The van der Waals surface area contributed by atoms with Crippen LogP contribution in [0.1, 0.15) is 38.5 Å². The first-order valence-electron chi connectivity index (χ1n) is 11.2. The number of hydrogen-bond donors (Lipinski definition) is 2. The Balaban J connectivity index is 0.000000312. The molecule has 3 N–H and O–H groups in total. The molecule has 0 saturated heterocycles. The van der Waals surface area contributed by atoms with Crippen LogP contribution in [0.4, 0.5) is 8.78 Å². The summed E-state index contributed by atoms with van der Waals surface area (Å²) in [6.45, 7) is 1.37. The summed E-state index contributed by atoms with van der Waals surface area (Å²) < 4.78 is 36.5. The van der Waals surface area contributed by atoms with Gasteiger partial charge in [0, 0.05) is 23.9 Å². The van der Waals surface area contributed by atoms with Gasteiger partial charge in [-0.15, -0.1) is 24.8 Å². The third-order valence-corrected chi connectivity index (χ3v) is 6.30. The molecule has 2 fully saturated rings. The summed E-state index contributed by atoms with van der Waals surface area (Å²) in [4.78, 5) is 0. The van der Waals surface area contributed by atoms with Crippen molar-refractivity contribution in [1.29, 1.82) is 0 Å². The lowest BCUT2D eigenvalue weighted by Gasteiger charge is -2.19. The lowest BCUT2D eigenvalue weighted by atomic mass is 10.1. The van der Waals surface area contributed by atoms with Crippen molar-refractivity contribution in [2.45, 2.75) is 50.6 Å². The number of benzene rings is 2. The van der Waals surface area contributed by atoms with E-state index in [2.05, 4.69) is 5.32 Å². The zero-order valence-electron chi connectivity index (χ0n) is 19.1. The maximum Gasteiger partial charge on any atom is 0.123 e. The summed E-state index contributed by atoms with van der Waals surface area (Å²) >= 11 is 0. The maximum absolute atomic E-state index is 12.7. The molecular formula is C25H36Cl2F2N2O2. The van der Waals surface area contributed by atoms with Gasteiger partial charge in [-0.2, -0.15) is 0 Å². The van der Waals surface area contributed by atoms with Gasteiger partial charge in [0.2, 0.25) is 0 Å². The Bertz CT molecular complexity index is 781. The van der Waals surface area contributed by atoms with Crippen LogP contribution in [0.25, 0.3) is 0 Å². The van der Waals surface area contributed by atoms with Gasteiger partial charge in [0.25, 0.3) is 0 Å². The van der Waals surface area contributed by atoms with Gasteiger partial charge in [-0.1, -0.05) is 12.8 Å². The van der Waals surface area contributed by atoms with Crippen LogP contribution in [-0.4, -0.2) is 32.3 Å². The van der Waals surface area contributed by atoms with E-state index in [0.717, 1.165) is 30.9 Å². The van der Waals surface area contributed by atoms with E-state index in [1.54, 1.807) is 24.3 Å². The first-order chi connectivity index (χ1) is 15.0. The molecule has 0 amide bonds. The molecule has 2 aliphatic carbocycles. The summed E-state index contributed by atoms with van der Waals surface area (Å²) in [6, 6.07) is 13.2. The molecule has 2 aromatic carbocycles. The van der Waals surface area contributed by atoms with Crippen LogP contribution in [0.5, 0.6) is 11.5 Å². The van der Waals surface area contributed by atoms with Gasteiger partial charge in [-0.25, -0.2) is 8.78 Å². The molecule has 2 aliphatic rings. The van der Waals surface area contributed by atoms with Crippen molar-refractivity contribution < 1.29 is 18.3 Å². The van der Waals surface area contributed by atoms with E-state index in [4.69, 9.17) is 15.2 Å². The summed E-state index contributed by atoms with van der Waals surface area (Å²) in [5.74, 6) is 2.05. The van der Waals surface area contributed by atoms with Crippen LogP contribution in [0.15, 0.2) is 48.5 Å². The minimum atomic E-state index is -0.236. The highest BCUT2D eigenvalue weighted by Crippen LogP contribution is 2.26. The molecule has 8 heteroatoms. The van der Waals surface area contributed by atoms with Crippen molar-refractivity contribution in [3.63, 3.8) is 0 Å². The van der Waals surface area contributed by atoms with E-state index in [1.807, 2.05) is 7.05 Å². The Kier molecular flexibility index (Phi) is 13.7. The highest BCUT2D eigenvalue weighted by Gasteiger charge is 2.26. The summed E-state index contributed by atoms with van der Waals surface area (Å²) in [5, 5.41) is 3.32. The molecule has 4 atom stereocenters. The topological polar surface area (TPSA) is 56.5 Å². The standard InChI is InChI=1S/C13H18FNO.C12H16FNO.2ClH/c1-15-13-4-2-3-10(13)9-16-12-7-5-11(14)6-8-12;13-10-4-6-11(7-5-10)15-8-9-2-1-3-12(9)14;;/h5-8,10,13,15H,2-4,9H2,1H3;4-7,9,12H,1-3,8,14H2;2*1H/t10-,13+;9-,12+;;/m11../s1. The van der Waals surface area contributed by atoms with Gasteiger partial charge in [-0.3, -0.25) is 0 Å². The molecule has 0 radical (unpaired) electrons. The van der Waals surface area contributed by atoms with E-state index < -0.39 is 0 Å². The van der Waals surface area contributed by atoms with Crippen molar-refractivity contribution in [3.8, 4) is 11.5 Å². The molecule has 33 heavy (non-hydrogen) atoms. The molecule has 0 unspecified atom stereocenters. The quantitative estimate of drug-likeness (QED) is 0.502. The Morgan fingerprint density at radius 3 is 1.67 bits per heavy atom. The van der Waals surface area contributed by atoms with Gasteiger partial charge in [0.1, 0.15) is 23.1 Å². The molecule has 0 spiro atoms. The van der Waals surface area contributed by atoms with Crippen LogP contribution in [0.3, 0.4) is 0 Å². The smallest absolute Gasteiger partial charge is 0.123 e. The van der Waals surface area contributed by atoms with Gasteiger partial charge in [-0.05, 0) is 81.3 Å². The van der Waals surface area contributed by atoms with Crippen LogP contribution in [-0.2, 0) is 0 Å². The van der Waals surface area contributed by atoms with Crippen molar-refractivity contribution >= 4 is 24.8 Å². The highest BCUT2D eigenvalue weighted by atomic mass is 35.5. The zero-order chi connectivity index (χ0) is 22.1. The van der Waals surface area contributed by atoms with E-state index in [9.17, 15) is 8.78 Å². The van der Waals surface area contributed by atoms with Crippen LogP contribution >= 0.6 is 24.8 Å². The predicted molar refractivity (Wildman–Crippen MR) is 134 cm³/mol. The first kappa shape index (κ1) is 29.4. The average Bonchev–Trinajstić information content (AvgIpc) is 3.41. The van der Waals surface area contributed by atoms with E-state index in [-0.39, 0.29) is 42.5 Å². The molecular weight excluding hydrogens is 469 g/mol. The minimum Gasteiger partial charge on any atom is -0.493 e. The molecule has 0 aliphatic heterocycles. The third kappa shape index (κ3) is 9.65. The SMILES string of the molecule is CN[C@H]1CCC[C@@H]1COc1ccc(F)cc1.Cl.Cl.N[C@H]1CCC[C@@H]1COc1ccc(F)cc1. The van der Waals surface area contributed by atoms with E-state index in [1.165, 1.54) is 49.9 Å². The fourth-order valence-corrected chi connectivity index (χ4v) is 4.36. The minimum absolute atomic E-state index is 0.